The van der Waals surface area contributed by atoms with Crippen molar-refractivity contribution >= 4 is 21.6 Å². The van der Waals surface area contributed by atoms with Crippen molar-refractivity contribution in [2.24, 2.45) is 0 Å². The minimum absolute atomic E-state index is 0.293. The van der Waals surface area contributed by atoms with Crippen molar-refractivity contribution in [1.29, 1.82) is 0 Å². The summed E-state index contributed by atoms with van der Waals surface area (Å²) >= 11 is 5.32. The lowest BCUT2D eigenvalue weighted by atomic mass is 9.85. The van der Waals surface area contributed by atoms with Crippen molar-refractivity contribution in [2.45, 2.75) is 36.5 Å². The number of sulfone groups is 1. The summed E-state index contributed by atoms with van der Waals surface area (Å²) in [5.74, 6) is 0. The fourth-order valence-electron chi connectivity index (χ4n) is 1.86. The van der Waals surface area contributed by atoms with Crippen LogP contribution in [0.5, 0.6) is 0 Å². The van der Waals surface area contributed by atoms with Crippen molar-refractivity contribution in [3.05, 3.63) is 0 Å². The topological polar surface area (TPSA) is 66.4 Å². The molecule has 4 nitrogen and oxygen atoms in total. The second-order valence-corrected chi connectivity index (χ2v) is 6.66. The van der Waals surface area contributed by atoms with E-state index in [0.29, 0.717) is 32.2 Å². The Morgan fingerprint density at radius 1 is 1.50 bits per heavy atom. The standard InChI is InChI=1S/C8H16ClNO3S/c1-14(12,13)7-2-4-8(11,5-3-7)6-10-9/h7,10-11H,2-6H2,1H3. The normalized spacial score (nSPS) is 34.4. The summed E-state index contributed by atoms with van der Waals surface area (Å²) in [6, 6.07) is 0. The summed E-state index contributed by atoms with van der Waals surface area (Å²) in [6.45, 7) is 0.311. The SMILES string of the molecule is CS(=O)(=O)C1CCC(O)(CNCl)CC1. The quantitative estimate of drug-likeness (QED) is 0.704. The molecule has 1 rings (SSSR count). The molecule has 1 fully saturated rings. The molecule has 1 aliphatic rings. The third-order valence-electron chi connectivity index (χ3n) is 2.86. The Labute approximate surface area is 89.7 Å². The predicted molar refractivity (Wildman–Crippen MR) is 55.9 cm³/mol. The van der Waals surface area contributed by atoms with Crippen LogP contribution in [0.1, 0.15) is 25.7 Å². The van der Waals surface area contributed by atoms with E-state index in [2.05, 4.69) is 4.84 Å². The van der Waals surface area contributed by atoms with Crippen LogP contribution in [0, 0.1) is 0 Å². The summed E-state index contributed by atoms with van der Waals surface area (Å²) in [6.07, 6.45) is 3.28. The van der Waals surface area contributed by atoms with Gasteiger partial charge in [0.2, 0.25) is 0 Å². The van der Waals surface area contributed by atoms with E-state index in [9.17, 15) is 13.5 Å². The van der Waals surface area contributed by atoms with Crippen LogP contribution in [0.3, 0.4) is 0 Å². The molecule has 0 aromatic rings. The summed E-state index contributed by atoms with van der Waals surface area (Å²) in [5, 5.41) is 9.62. The van der Waals surface area contributed by atoms with E-state index in [1.807, 2.05) is 0 Å². The zero-order valence-electron chi connectivity index (χ0n) is 8.16. The van der Waals surface area contributed by atoms with Gasteiger partial charge in [-0.2, -0.15) is 0 Å². The van der Waals surface area contributed by atoms with Gasteiger partial charge in [0, 0.05) is 12.8 Å². The number of hydrogen-bond acceptors (Lipinski definition) is 4. The van der Waals surface area contributed by atoms with Crippen molar-refractivity contribution in [3.63, 3.8) is 0 Å². The molecule has 0 atom stereocenters. The summed E-state index contributed by atoms with van der Waals surface area (Å²) < 4.78 is 22.5. The van der Waals surface area contributed by atoms with Gasteiger partial charge in [-0.05, 0) is 37.5 Å². The third kappa shape index (κ3) is 3.08. The molecular weight excluding hydrogens is 226 g/mol. The Morgan fingerprint density at radius 2 is 2.00 bits per heavy atom. The number of hydrogen-bond donors (Lipinski definition) is 2. The highest BCUT2D eigenvalue weighted by atomic mass is 35.5. The molecule has 1 aliphatic carbocycles. The van der Waals surface area contributed by atoms with Crippen molar-refractivity contribution in [2.75, 3.05) is 12.8 Å². The van der Waals surface area contributed by atoms with Crippen LogP contribution in [0.15, 0.2) is 0 Å². The maximum Gasteiger partial charge on any atom is 0.150 e. The van der Waals surface area contributed by atoms with Gasteiger partial charge in [0.1, 0.15) is 9.84 Å². The highest BCUT2D eigenvalue weighted by Crippen LogP contribution is 2.31. The first-order chi connectivity index (χ1) is 6.37. The molecular formula is C8H16ClNO3S. The van der Waals surface area contributed by atoms with Crippen LogP contribution in [-0.4, -0.2) is 37.2 Å². The van der Waals surface area contributed by atoms with Gasteiger partial charge in [-0.3, -0.25) is 0 Å². The highest BCUT2D eigenvalue weighted by Gasteiger charge is 2.36. The molecule has 0 amide bonds. The minimum atomic E-state index is -2.96. The Kier molecular flexibility index (Phi) is 3.80. The Hall–Kier alpha value is 0.160. The van der Waals surface area contributed by atoms with Gasteiger partial charge in [-0.15, -0.1) is 0 Å². The van der Waals surface area contributed by atoms with Crippen molar-refractivity contribution in [3.8, 4) is 0 Å². The van der Waals surface area contributed by atoms with Crippen LogP contribution in [-0.2, 0) is 9.84 Å². The molecule has 2 N–H and O–H groups in total. The van der Waals surface area contributed by atoms with Crippen LogP contribution >= 0.6 is 11.8 Å². The van der Waals surface area contributed by atoms with Gasteiger partial charge < -0.3 is 5.11 Å². The van der Waals surface area contributed by atoms with E-state index >= 15 is 0 Å². The second-order valence-electron chi connectivity index (χ2n) is 4.06. The number of nitrogens with one attached hydrogen (secondary N) is 1. The van der Waals surface area contributed by atoms with Gasteiger partial charge in [-0.25, -0.2) is 13.3 Å². The molecule has 0 aliphatic heterocycles. The van der Waals surface area contributed by atoms with E-state index in [0.717, 1.165) is 0 Å². The first-order valence-electron chi connectivity index (χ1n) is 4.62. The van der Waals surface area contributed by atoms with Crippen LogP contribution < -0.4 is 4.84 Å². The molecule has 0 saturated heterocycles. The highest BCUT2D eigenvalue weighted by molar-refractivity contribution is 7.91. The number of rotatable bonds is 3. The van der Waals surface area contributed by atoms with Gasteiger partial charge >= 0.3 is 0 Å². The van der Waals surface area contributed by atoms with E-state index in [1.54, 1.807) is 0 Å². The third-order valence-corrected chi connectivity index (χ3v) is 4.68. The molecule has 0 radical (unpaired) electrons. The summed E-state index contributed by atoms with van der Waals surface area (Å²) in [4.78, 5) is 2.40. The first kappa shape index (κ1) is 12.2. The maximum atomic E-state index is 11.2. The summed E-state index contributed by atoms with van der Waals surface area (Å²) in [7, 11) is -2.96. The second kappa shape index (κ2) is 4.35. The molecule has 84 valence electrons. The molecule has 0 aromatic heterocycles. The molecule has 0 heterocycles. The summed E-state index contributed by atoms with van der Waals surface area (Å²) in [5.41, 5.74) is -0.830. The largest absolute Gasteiger partial charge is 0.389 e. The minimum Gasteiger partial charge on any atom is -0.389 e. The average molecular weight is 242 g/mol. The van der Waals surface area contributed by atoms with Crippen molar-refractivity contribution < 1.29 is 13.5 Å². The Bertz CT molecular complexity index is 283. The zero-order valence-corrected chi connectivity index (χ0v) is 9.74. The molecule has 6 heteroatoms. The van der Waals surface area contributed by atoms with Gasteiger partial charge in [0.25, 0.3) is 0 Å². The fraction of sp³-hybridized carbons (Fsp3) is 1.00. The molecule has 14 heavy (non-hydrogen) atoms. The van der Waals surface area contributed by atoms with Gasteiger partial charge in [0.05, 0.1) is 10.9 Å². The van der Waals surface area contributed by atoms with Crippen LogP contribution in [0.4, 0.5) is 0 Å². The van der Waals surface area contributed by atoms with E-state index in [-0.39, 0.29) is 5.25 Å². The van der Waals surface area contributed by atoms with Gasteiger partial charge in [0.15, 0.2) is 0 Å². The Morgan fingerprint density at radius 3 is 2.36 bits per heavy atom. The van der Waals surface area contributed by atoms with Gasteiger partial charge in [-0.1, -0.05) is 0 Å². The Balaban J connectivity index is 2.54. The average Bonchev–Trinajstić information content (AvgIpc) is 2.03. The zero-order chi connectivity index (χ0) is 10.8. The van der Waals surface area contributed by atoms with Crippen LogP contribution in [0.25, 0.3) is 0 Å². The van der Waals surface area contributed by atoms with E-state index in [4.69, 9.17) is 11.8 Å². The van der Waals surface area contributed by atoms with E-state index < -0.39 is 15.4 Å². The molecule has 1 saturated carbocycles. The number of aliphatic hydroxyl groups is 1. The first-order valence-corrected chi connectivity index (χ1v) is 6.95. The lowest BCUT2D eigenvalue weighted by Gasteiger charge is -2.34. The van der Waals surface area contributed by atoms with E-state index in [1.165, 1.54) is 6.26 Å². The maximum absolute atomic E-state index is 11.2. The molecule has 0 bridgehead atoms. The fourth-order valence-corrected chi connectivity index (χ4v) is 3.20. The number of halogens is 1. The smallest absolute Gasteiger partial charge is 0.150 e. The predicted octanol–water partition coefficient (Wildman–Crippen LogP) is 0.448. The van der Waals surface area contributed by atoms with Crippen LogP contribution in [0.2, 0.25) is 0 Å². The van der Waals surface area contributed by atoms with Crippen molar-refractivity contribution in [1.82, 2.24) is 4.84 Å². The molecule has 0 spiro atoms. The lowest BCUT2D eigenvalue weighted by molar-refractivity contribution is 0.0105. The molecule has 0 unspecified atom stereocenters. The molecule has 0 aromatic carbocycles. The monoisotopic (exact) mass is 241 g/mol. The lowest BCUT2D eigenvalue weighted by Crippen LogP contribution is -2.43.